The molecular weight excluding hydrogens is 256 g/mol. The summed E-state index contributed by atoms with van der Waals surface area (Å²) >= 11 is 0. The molecule has 0 bridgehead atoms. The van der Waals surface area contributed by atoms with Crippen LogP contribution in [-0.4, -0.2) is 22.8 Å². The predicted octanol–water partition coefficient (Wildman–Crippen LogP) is 1.89. The molecule has 0 aliphatic heterocycles. The molecule has 0 unspecified atom stereocenters. The molecule has 0 aliphatic carbocycles. The zero-order valence-corrected chi connectivity index (χ0v) is 11.2. The van der Waals surface area contributed by atoms with Gasteiger partial charge in [-0.3, -0.25) is 10.1 Å². The van der Waals surface area contributed by atoms with Crippen LogP contribution in [0.1, 0.15) is 27.2 Å². The third kappa shape index (κ3) is 3.25. The molecule has 2 rings (SSSR count). The predicted molar refractivity (Wildman–Crippen MR) is 74.3 cm³/mol. The van der Waals surface area contributed by atoms with Gasteiger partial charge in [0.2, 0.25) is 5.88 Å². The maximum atomic E-state index is 12.0. The molecule has 0 fully saturated rings. The Morgan fingerprint density at radius 1 is 1.40 bits per heavy atom. The topological polar surface area (TPSA) is 75.4 Å². The van der Waals surface area contributed by atoms with E-state index in [1.54, 1.807) is 31.2 Å². The van der Waals surface area contributed by atoms with Gasteiger partial charge in [-0.2, -0.15) is 0 Å². The van der Waals surface area contributed by atoms with Crippen molar-refractivity contribution in [3.63, 3.8) is 0 Å². The van der Waals surface area contributed by atoms with E-state index in [1.165, 1.54) is 0 Å². The number of hydrogen-bond donors (Lipinski definition) is 2. The van der Waals surface area contributed by atoms with Crippen molar-refractivity contribution in [3.8, 4) is 11.8 Å². The molecule has 102 valence electrons. The zero-order valence-electron chi connectivity index (χ0n) is 11.2. The highest BCUT2D eigenvalue weighted by Gasteiger charge is 2.10. The van der Waals surface area contributed by atoms with E-state index in [1.807, 2.05) is 6.92 Å². The first-order chi connectivity index (χ1) is 9.60. The number of nitrogens with zero attached hydrogens (tertiary/aromatic N) is 1. The number of aromatic nitrogens is 1. The van der Waals surface area contributed by atoms with Crippen molar-refractivity contribution in [3.05, 3.63) is 46.6 Å². The first-order valence-electron chi connectivity index (χ1n) is 6.05. The molecule has 0 saturated heterocycles. The first-order valence-corrected chi connectivity index (χ1v) is 6.05. The number of benzene rings is 1. The third-order valence-electron chi connectivity index (χ3n) is 2.66. The standard InChI is InChI=1S/C15H14N2O3/c1-10-8-13(6-5-12(10)4-3-7-18)15(19)16-14-9-11(2)17-20-14/h5-6,8-9,18H,7H2,1-2H3,(H,16,19). The quantitative estimate of drug-likeness (QED) is 0.817. The highest BCUT2D eigenvalue weighted by Crippen LogP contribution is 2.14. The summed E-state index contributed by atoms with van der Waals surface area (Å²) in [6.45, 7) is 3.45. The minimum Gasteiger partial charge on any atom is -0.384 e. The summed E-state index contributed by atoms with van der Waals surface area (Å²) in [4.78, 5) is 12.0. The van der Waals surface area contributed by atoms with Crippen molar-refractivity contribution in [2.75, 3.05) is 11.9 Å². The number of rotatable bonds is 2. The summed E-state index contributed by atoms with van der Waals surface area (Å²) < 4.78 is 4.93. The van der Waals surface area contributed by atoms with E-state index < -0.39 is 0 Å². The van der Waals surface area contributed by atoms with Gasteiger partial charge < -0.3 is 9.63 Å². The average molecular weight is 270 g/mol. The van der Waals surface area contributed by atoms with Gasteiger partial charge in [0, 0.05) is 17.2 Å². The van der Waals surface area contributed by atoms with Crippen molar-refractivity contribution in [2.45, 2.75) is 13.8 Å². The number of aliphatic hydroxyl groups is 1. The Morgan fingerprint density at radius 2 is 2.20 bits per heavy atom. The molecule has 0 saturated carbocycles. The monoisotopic (exact) mass is 270 g/mol. The molecule has 20 heavy (non-hydrogen) atoms. The maximum absolute atomic E-state index is 12.0. The first kappa shape index (κ1) is 13.8. The smallest absolute Gasteiger partial charge is 0.258 e. The van der Waals surface area contributed by atoms with E-state index in [4.69, 9.17) is 9.63 Å². The van der Waals surface area contributed by atoms with Gasteiger partial charge in [0.25, 0.3) is 5.91 Å². The Bertz CT molecular complexity index is 693. The van der Waals surface area contributed by atoms with E-state index >= 15 is 0 Å². The highest BCUT2D eigenvalue weighted by atomic mass is 16.5. The lowest BCUT2D eigenvalue weighted by Gasteiger charge is -2.04. The number of hydrogen-bond acceptors (Lipinski definition) is 4. The SMILES string of the molecule is Cc1cc(NC(=O)c2ccc(C#CCO)c(C)c2)on1. The number of nitrogens with one attached hydrogen (secondary N) is 1. The lowest BCUT2D eigenvalue weighted by molar-refractivity contribution is 0.102. The van der Waals surface area contributed by atoms with Crippen LogP contribution in [0, 0.1) is 25.7 Å². The molecule has 0 aliphatic rings. The maximum Gasteiger partial charge on any atom is 0.258 e. The van der Waals surface area contributed by atoms with Crippen LogP contribution < -0.4 is 5.32 Å². The summed E-state index contributed by atoms with van der Waals surface area (Å²) in [7, 11) is 0. The largest absolute Gasteiger partial charge is 0.384 e. The molecule has 0 atom stereocenters. The van der Waals surface area contributed by atoms with Gasteiger partial charge in [0.1, 0.15) is 6.61 Å². The van der Waals surface area contributed by atoms with Gasteiger partial charge in [-0.05, 0) is 37.6 Å². The fourth-order valence-corrected chi connectivity index (χ4v) is 1.69. The van der Waals surface area contributed by atoms with E-state index in [0.717, 1.165) is 11.1 Å². The van der Waals surface area contributed by atoms with Crippen LogP contribution in [0.3, 0.4) is 0 Å². The number of amides is 1. The van der Waals surface area contributed by atoms with Crippen LogP contribution in [0.5, 0.6) is 0 Å². The van der Waals surface area contributed by atoms with Crippen LogP contribution in [0.4, 0.5) is 5.88 Å². The fraction of sp³-hybridized carbons (Fsp3) is 0.200. The van der Waals surface area contributed by atoms with Crippen molar-refractivity contribution >= 4 is 11.8 Å². The Kier molecular flexibility index (Phi) is 4.18. The second-order valence-corrected chi connectivity index (χ2v) is 4.28. The minimum absolute atomic E-state index is 0.188. The lowest BCUT2D eigenvalue weighted by Crippen LogP contribution is -2.11. The number of aryl methyl sites for hydroxylation is 2. The molecule has 1 aromatic heterocycles. The summed E-state index contributed by atoms with van der Waals surface area (Å²) in [5.41, 5.74) is 2.86. The molecule has 0 spiro atoms. The van der Waals surface area contributed by atoms with Gasteiger partial charge in [-0.15, -0.1) is 0 Å². The van der Waals surface area contributed by atoms with E-state index in [2.05, 4.69) is 22.3 Å². The van der Waals surface area contributed by atoms with E-state index in [0.29, 0.717) is 17.1 Å². The number of carbonyl (C=O) groups excluding carboxylic acids is 1. The Hall–Kier alpha value is -2.58. The van der Waals surface area contributed by atoms with Gasteiger partial charge in [-0.25, -0.2) is 0 Å². The Labute approximate surface area is 116 Å². The fourth-order valence-electron chi connectivity index (χ4n) is 1.69. The Balaban J connectivity index is 2.16. The summed E-state index contributed by atoms with van der Waals surface area (Å²) in [6, 6.07) is 6.80. The summed E-state index contributed by atoms with van der Waals surface area (Å²) in [5, 5.41) is 15.0. The van der Waals surface area contributed by atoms with E-state index in [9.17, 15) is 4.79 Å². The number of carbonyl (C=O) groups is 1. The zero-order chi connectivity index (χ0) is 14.5. The van der Waals surface area contributed by atoms with Crippen molar-refractivity contribution in [1.82, 2.24) is 5.16 Å². The van der Waals surface area contributed by atoms with Crippen LogP contribution in [-0.2, 0) is 0 Å². The van der Waals surface area contributed by atoms with Gasteiger partial charge in [-0.1, -0.05) is 17.0 Å². The normalized spacial score (nSPS) is 9.75. The van der Waals surface area contributed by atoms with Crippen molar-refractivity contribution in [2.24, 2.45) is 0 Å². The van der Waals surface area contributed by atoms with Crippen molar-refractivity contribution in [1.29, 1.82) is 0 Å². The van der Waals surface area contributed by atoms with Gasteiger partial charge >= 0.3 is 0 Å². The minimum atomic E-state index is -0.272. The summed E-state index contributed by atoms with van der Waals surface area (Å²) in [6.07, 6.45) is 0. The second-order valence-electron chi connectivity index (χ2n) is 4.28. The molecule has 1 aromatic carbocycles. The summed E-state index contributed by atoms with van der Waals surface area (Å²) in [5.74, 6) is 5.44. The highest BCUT2D eigenvalue weighted by molar-refractivity contribution is 6.03. The van der Waals surface area contributed by atoms with E-state index in [-0.39, 0.29) is 12.5 Å². The molecule has 5 heteroatoms. The molecule has 2 N–H and O–H groups in total. The molecule has 5 nitrogen and oxygen atoms in total. The number of aliphatic hydroxyl groups excluding tert-OH is 1. The molecule has 0 radical (unpaired) electrons. The van der Waals surface area contributed by atoms with Crippen LogP contribution in [0.15, 0.2) is 28.8 Å². The average Bonchev–Trinajstić information content (AvgIpc) is 2.82. The molecule has 1 amide bonds. The second kappa shape index (κ2) is 6.04. The Morgan fingerprint density at radius 3 is 2.80 bits per heavy atom. The number of anilines is 1. The van der Waals surface area contributed by atoms with Crippen LogP contribution >= 0.6 is 0 Å². The molecular formula is C15H14N2O3. The third-order valence-corrected chi connectivity index (χ3v) is 2.66. The van der Waals surface area contributed by atoms with Gasteiger partial charge in [0.15, 0.2) is 0 Å². The lowest BCUT2D eigenvalue weighted by atomic mass is 10.0. The van der Waals surface area contributed by atoms with Crippen LogP contribution in [0.25, 0.3) is 0 Å². The molecule has 1 heterocycles. The van der Waals surface area contributed by atoms with Gasteiger partial charge in [0.05, 0.1) is 5.69 Å². The van der Waals surface area contributed by atoms with Crippen molar-refractivity contribution < 1.29 is 14.4 Å². The van der Waals surface area contributed by atoms with Crippen LogP contribution in [0.2, 0.25) is 0 Å². The molecule has 2 aromatic rings.